The van der Waals surface area contributed by atoms with E-state index in [2.05, 4.69) is 265 Å². The Balaban J connectivity index is 1.28. The highest BCUT2D eigenvalue weighted by molar-refractivity contribution is 6.36. The maximum atomic E-state index is 8.15. The summed E-state index contributed by atoms with van der Waals surface area (Å²) in [5.41, 5.74) is 21.1. The predicted octanol–water partition coefficient (Wildman–Crippen LogP) is 20.2. The van der Waals surface area contributed by atoms with Crippen molar-refractivity contribution in [1.82, 2.24) is 9.55 Å². The number of rotatable bonds is 5. The van der Waals surface area contributed by atoms with E-state index in [-0.39, 0.29) is 27.1 Å². The molecular formula is C68H71ClN2. The van der Waals surface area contributed by atoms with Gasteiger partial charge in [-0.2, -0.15) is 0 Å². The first-order valence-electron chi connectivity index (χ1n) is 25.6. The lowest BCUT2D eigenvalue weighted by Crippen LogP contribution is -2.11. The summed E-state index contributed by atoms with van der Waals surface area (Å²) < 4.78 is 2.42. The molecule has 360 valence electrons. The smallest absolute Gasteiger partial charge is 0.0726 e. The Kier molecular flexibility index (Phi) is 11.5. The van der Waals surface area contributed by atoms with Crippen LogP contribution in [0.4, 0.5) is 0 Å². The van der Waals surface area contributed by atoms with Crippen molar-refractivity contribution in [3.05, 3.63) is 184 Å². The van der Waals surface area contributed by atoms with Gasteiger partial charge in [0.2, 0.25) is 0 Å². The van der Waals surface area contributed by atoms with Gasteiger partial charge in [-0.15, -0.1) is 0 Å². The van der Waals surface area contributed by atoms with E-state index >= 15 is 0 Å². The standard InChI is InChI=1S/C68H71ClN2/c1-64(2,3)47-24-16-41(17-25-47)44-22-32-59-53(34-44)54-35-45(42-18-26-48(27-19-42)65(4,5)6)23-33-60(54)71(59)61-37-46(43-20-28-49(29-21-43)66(7,8)9)36-55(62(61)69)57-40-51(68(13,14)15)39-56-52-38-50(67(10,11)12)30-31-58(52)70-63(56)57/h16-40,70H,1-15H3. The lowest BCUT2D eigenvalue weighted by molar-refractivity contribution is 0.590. The van der Waals surface area contributed by atoms with Crippen molar-refractivity contribution in [2.75, 3.05) is 0 Å². The van der Waals surface area contributed by atoms with Gasteiger partial charge < -0.3 is 9.55 Å². The highest BCUT2D eigenvalue weighted by Gasteiger charge is 2.26. The molecule has 8 aromatic carbocycles. The summed E-state index contributed by atoms with van der Waals surface area (Å²) in [6.45, 7) is 34.3. The van der Waals surface area contributed by atoms with Gasteiger partial charge >= 0.3 is 0 Å². The Morgan fingerprint density at radius 1 is 0.324 bits per heavy atom. The van der Waals surface area contributed by atoms with E-state index in [0.29, 0.717) is 5.02 Å². The summed E-state index contributed by atoms with van der Waals surface area (Å²) >= 11 is 8.15. The average Bonchev–Trinajstić information content (AvgIpc) is 3.85. The molecule has 2 nitrogen and oxygen atoms in total. The molecule has 0 aliphatic carbocycles. The van der Waals surface area contributed by atoms with Crippen LogP contribution in [0.25, 0.3) is 93.8 Å². The molecule has 3 heteroatoms. The van der Waals surface area contributed by atoms with Crippen molar-refractivity contribution in [2.45, 2.75) is 131 Å². The SMILES string of the molecule is CC(C)(C)c1ccc(-c2cc(-c3cc(C(C)(C)C)cc4c3[nH]c3ccc(C(C)(C)C)cc34)c(Cl)c(-n3c4ccc(-c5ccc(C(C)(C)C)cc5)cc4c4cc(-c5ccc(C(C)(C)C)cc5)ccc43)c2)cc1. The number of nitrogens with one attached hydrogen (secondary N) is 1. The number of fused-ring (bicyclic) bond motifs is 6. The molecule has 0 bridgehead atoms. The quantitative estimate of drug-likeness (QED) is 0.177. The number of benzene rings is 8. The van der Waals surface area contributed by atoms with E-state index in [9.17, 15) is 0 Å². The zero-order valence-electron chi connectivity index (χ0n) is 44.8. The second-order valence-corrected chi connectivity index (χ2v) is 25.8. The Hall–Kier alpha value is -6.35. The molecule has 0 aliphatic heterocycles. The van der Waals surface area contributed by atoms with Crippen LogP contribution in [0, 0.1) is 0 Å². The second-order valence-electron chi connectivity index (χ2n) is 25.5. The fourth-order valence-electron chi connectivity index (χ4n) is 10.4. The molecule has 2 aromatic heterocycles. The van der Waals surface area contributed by atoms with Crippen LogP contribution in [0.1, 0.15) is 132 Å². The number of nitrogens with zero attached hydrogens (tertiary/aromatic N) is 1. The van der Waals surface area contributed by atoms with Gasteiger partial charge in [0.05, 0.1) is 27.3 Å². The zero-order chi connectivity index (χ0) is 50.7. The molecule has 0 aliphatic rings. The summed E-state index contributed by atoms with van der Waals surface area (Å²) in [6.07, 6.45) is 0. The number of hydrogen-bond donors (Lipinski definition) is 1. The largest absolute Gasteiger partial charge is 0.354 e. The van der Waals surface area contributed by atoms with Crippen LogP contribution < -0.4 is 0 Å². The fraction of sp³-hybridized carbons (Fsp3) is 0.294. The van der Waals surface area contributed by atoms with Crippen LogP contribution in [0.3, 0.4) is 0 Å². The molecule has 0 atom stereocenters. The molecule has 0 spiro atoms. The van der Waals surface area contributed by atoms with Crippen LogP contribution in [0.2, 0.25) is 5.02 Å². The second kappa shape index (κ2) is 16.9. The zero-order valence-corrected chi connectivity index (χ0v) is 45.5. The van der Waals surface area contributed by atoms with E-state index in [1.807, 2.05) is 0 Å². The number of aromatic nitrogens is 2. The third-order valence-electron chi connectivity index (χ3n) is 15.0. The topological polar surface area (TPSA) is 20.7 Å². The van der Waals surface area contributed by atoms with Gasteiger partial charge in [0.25, 0.3) is 0 Å². The lowest BCUT2D eigenvalue weighted by atomic mass is 9.83. The number of halogens is 1. The minimum Gasteiger partial charge on any atom is -0.354 e. The van der Waals surface area contributed by atoms with E-state index in [1.54, 1.807) is 0 Å². The minimum absolute atomic E-state index is 0.00887. The van der Waals surface area contributed by atoms with Crippen LogP contribution in [-0.4, -0.2) is 9.55 Å². The monoisotopic (exact) mass is 951 g/mol. The number of aromatic amines is 1. The Morgan fingerprint density at radius 2 is 0.718 bits per heavy atom. The third kappa shape index (κ3) is 8.92. The van der Waals surface area contributed by atoms with Crippen LogP contribution >= 0.6 is 11.6 Å². The maximum absolute atomic E-state index is 8.15. The molecule has 0 saturated heterocycles. The number of H-pyrrole nitrogens is 1. The molecule has 10 rings (SSSR count). The van der Waals surface area contributed by atoms with Crippen molar-refractivity contribution in [1.29, 1.82) is 0 Å². The van der Waals surface area contributed by atoms with Gasteiger partial charge in [0.15, 0.2) is 0 Å². The van der Waals surface area contributed by atoms with Gasteiger partial charge in [0.1, 0.15) is 0 Å². The Bertz CT molecular complexity index is 3560. The first-order valence-corrected chi connectivity index (χ1v) is 26.0. The van der Waals surface area contributed by atoms with Gasteiger partial charge in [0, 0.05) is 38.2 Å². The van der Waals surface area contributed by atoms with Crippen molar-refractivity contribution in [3.8, 4) is 50.2 Å². The predicted molar refractivity (Wildman–Crippen MR) is 310 cm³/mol. The van der Waals surface area contributed by atoms with E-state index < -0.39 is 0 Å². The summed E-state index contributed by atoms with van der Waals surface area (Å²) in [5.74, 6) is 0. The molecule has 0 amide bonds. The van der Waals surface area contributed by atoms with Crippen molar-refractivity contribution in [3.63, 3.8) is 0 Å². The molecule has 0 radical (unpaired) electrons. The first kappa shape index (κ1) is 48.3. The van der Waals surface area contributed by atoms with Crippen molar-refractivity contribution >= 4 is 55.2 Å². The molecule has 0 unspecified atom stereocenters. The molecule has 71 heavy (non-hydrogen) atoms. The molecule has 2 heterocycles. The summed E-state index contributed by atoms with van der Waals surface area (Å²) in [4.78, 5) is 3.93. The van der Waals surface area contributed by atoms with E-state index in [1.165, 1.54) is 71.6 Å². The highest BCUT2D eigenvalue weighted by atomic mass is 35.5. The fourth-order valence-corrected chi connectivity index (χ4v) is 10.7. The summed E-state index contributed by atoms with van der Waals surface area (Å²) in [7, 11) is 0. The normalized spacial score (nSPS) is 13.1. The average molecular weight is 952 g/mol. The molecule has 10 aromatic rings. The van der Waals surface area contributed by atoms with Crippen molar-refractivity contribution in [2.24, 2.45) is 0 Å². The van der Waals surface area contributed by atoms with Gasteiger partial charge in [-0.05, 0) is 149 Å². The third-order valence-corrected chi connectivity index (χ3v) is 15.4. The minimum atomic E-state index is -0.119. The van der Waals surface area contributed by atoms with Crippen LogP contribution in [0.5, 0.6) is 0 Å². The maximum Gasteiger partial charge on any atom is 0.0726 e. The number of hydrogen-bond acceptors (Lipinski definition) is 0. The highest BCUT2D eigenvalue weighted by Crippen LogP contribution is 2.47. The molecule has 1 N–H and O–H groups in total. The Morgan fingerprint density at radius 3 is 1.15 bits per heavy atom. The summed E-state index contributed by atoms with van der Waals surface area (Å²) in [5, 5.41) is 5.54. The molecule has 0 fully saturated rings. The molecule has 0 saturated carbocycles. The lowest BCUT2D eigenvalue weighted by Gasteiger charge is -2.23. The Labute approximate surface area is 428 Å². The van der Waals surface area contributed by atoms with Gasteiger partial charge in [-0.1, -0.05) is 206 Å². The van der Waals surface area contributed by atoms with E-state index in [4.69, 9.17) is 11.6 Å². The van der Waals surface area contributed by atoms with Gasteiger partial charge in [-0.3, -0.25) is 0 Å². The van der Waals surface area contributed by atoms with Crippen LogP contribution in [0.15, 0.2) is 152 Å². The summed E-state index contributed by atoms with van der Waals surface area (Å²) in [6, 6.07) is 57.7. The van der Waals surface area contributed by atoms with E-state index in [0.717, 1.165) is 50.0 Å². The van der Waals surface area contributed by atoms with Gasteiger partial charge in [-0.25, -0.2) is 0 Å². The van der Waals surface area contributed by atoms with Crippen molar-refractivity contribution < 1.29 is 0 Å². The first-order chi connectivity index (χ1) is 33.2. The molecular weight excluding hydrogens is 880 g/mol. The van der Waals surface area contributed by atoms with Crippen LogP contribution in [-0.2, 0) is 27.1 Å².